The Morgan fingerprint density at radius 3 is 2.65 bits per heavy atom. The van der Waals surface area contributed by atoms with Crippen LogP contribution in [0, 0.1) is 0 Å². The van der Waals surface area contributed by atoms with Crippen molar-refractivity contribution >= 4 is 38.7 Å². The molecular weight excluding hydrogens is 285 g/mol. The molecule has 96 valence electrons. The van der Waals surface area contributed by atoms with Crippen LogP contribution in [-0.4, -0.2) is 38.3 Å². The molecule has 0 bridgehead atoms. The number of hydrogen-bond acceptors (Lipinski definition) is 4. The fourth-order valence-electron chi connectivity index (χ4n) is 1.31. The Kier molecular flexibility index (Phi) is 5.06. The molecule has 0 heterocycles. The smallest absolute Gasteiger partial charge is 0.179 e. The van der Waals surface area contributed by atoms with Gasteiger partial charge in [-0.15, -0.1) is 11.6 Å². The van der Waals surface area contributed by atoms with Gasteiger partial charge in [0.25, 0.3) is 0 Å². The summed E-state index contributed by atoms with van der Waals surface area (Å²) in [5.41, 5.74) is 0.365. The molecule has 1 atom stereocenters. The van der Waals surface area contributed by atoms with E-state index >= 15 is 0 Å². The molecular formula is C10H13Cl2NO3S. The highest BCUT2D eigenvalue weighted by Crippen LogP contribution is 2.29. The van der Waals surface area contributed by atoms with Crippen LogP contribution in [-0.2, 0) is 9.84 Å². The number of aliphatic hydroxyl groups excluding tert-OH is 1. The number of hydrogen-bond donors (Lipinski definition) is 2. The van der Waals surface area contributed by atoms with Gasteiger partial charge in [0, 0.05) is 12.8 Å². The molecule has 0 spiro atoms. The third-order valence-electron chi connectivity index (χ3n) is 2.04. The van der Waals surface area contributed by atoms with Crippen LogP contribution in [0.5, 0.6) is 0 Å². The Morgan fingerprint density at radius 2 is 2.12 bits per heavy atom. The summed E-state index contributed by atoms with van der Waals surface area (Å²) < 4.78 is 23.2. The number of alkyl halides is 1. The molecule has 1 aromatic rings. The molecule has 0 radical (unpaired) electrons. The molecule has 0 saturated heterocycles. The summed E-state index contributed by atoms with van der Waals surface area (Å²) in [5, 5.41) is 12.3. The first kappa shape index (κ1) is 14.6. The molecule has 0 aliphatic rings. The van der Waals surface area contributed by atoms with Gasteiger partial charge in [-0.25, -0.2) is 8.42 Å². The van der Waals surface area contributed by atoms with Crippen LogP contribution >= 0.6 is 23.2 Å². The monoisotopic (exact) mass is 297 g/mol. The lowest BCUT2D eigenvalue weighted by Crippen LogP contribution is -2.21. The standard InChI is InChI=1S/C10H13Cl2NO3S/c1-17(15,16)10-8(12)3-2-4-9(10)13-6-7(14)5-11/h2-4,7,13-14H,5-6H2,1H3. The summed E-state index contributed by atoms with van der Waals surface area (Å²) in [5.74, 6) is 0.0712. The number of anilines is 1. The summed E-state index contributed by atoms with van der Waals surface area (Å²) >= 11 is 11.3. The molecule has 7 heteroatoms. The van der Waals surface area contributed by atoms with Crippen molar-refractivity contribution in [1.29, 1.82) is 0 Å². The Balaban J connectivity index is 3.04. The van der Waals surface area contributed by atoms with E-state index in [1.807, 2.05) is 0 Å². The summed E-state index contributed by atoms with van der Waals surface area (Å²) in [6.45, 7) is 0.159. The van der Waals surface area contributed by atoms with E-state index in [0.29, 0.717) is 5.69 Å². The number of aliphatic hydroxyl groups is 1. The number of sulfone groups is 1. The lowest BCUT2D eigenvalue weighted by Gasteiger charge is -2.14. The van der Waals surface area contributed by atoms with E-state index in [4.69, 9.17) is 23.2 Å². The van der Waals surface area contributed by atoms with Crippen molar-refractivity contribution in [3.05, 3.63) is 23.2 Å². The van der Waals surface area contributed by atoms with Crippen LogP contribution in [0.15, 0.2) is 23.1 Å². The Bertz CT molecular complexity index is 490. The first-order valence-corrected chi connectivity index (χ1v) is 7.63. The Hall–Kier alpha value is -0.490. The van der Waals surface area contributed by atoms with Crippen LogP contribution in [0.2, 0.25) is 5.02 Å². The maximum atomic E-state index is 11.6. The molecule has 1 aromatic carbocycles. The van der Waals surface area contributed by atoms with E-state index < -0.39 is 15.9 Å². The van der Waals surface area contributed by atoms with Crippen molar-refractivity contribution in [3.8, 4) is 0 Å². The van der Waals surface area contributed by atoms with Crippen LogP contribution < -0.4 is 5.32 Å². The highest BCUT2D eigenvalue weighted by Gasteiger charge is 2.17. The van der Waals surface area contributed by atoms with Crippen molar-refractivity contribution in [2.24, 2.45) is 0 Å². The van der Waals surface area contributed by atoms with Gasteiger partial charge in [-0.2, -0.15) is 0 Å². The summed E-state index contributed by atoms with van der Waals surface area (Å²) in [7, 11) is -3.43. The average Bonchev–Trinajstić information content (AvgIpc) is 2.24. The lowest BCUT2D eigenvalue weighted by atomic mass is 10.3. The lowest BCUT2D eigenvalue weighted by molar-refractivity contribution is 0.211. The summed E-state index contributed by atoms with van der Waals surface area (Å²) in [6, 6.07) is 4.72. The van der Waals surface area contributed by atoms with E-state index in [1.54, 1.807) is 12.1 Å². The van der Waals surface area contributed by atoms with Gasteiger partial charge in [-0.1, -0.05) is 17.7 Å². The van der Waals surface area contributed by atoms with Gasteiger partial charge < -0.3 is 10.4 Å². The number of nitrogens with one attached hydrogen (secondary N) is 1. The molecule has 0 aromatic heterocycles. The maximum Gasteiger partial charge on any atom is 0.179 e. The van der Waals surface area contributed by atoms with E-state index in [9.17, 15) is 13.5 Å². The van der Waals surface area contributed by atoms with Crippen LogP contribution in [0.4, 0.5) is 5.69 Å². The molecule has 1 rings (SSSR count). The summed E-state index contributed by atoms with van der Waals surface area (Å²) in [4.78, 5) is 0.0310. The Morgan fingerprint density at radius 1 is 1.47 bits per heavy atom. The zero-order valence-corrected chi connectivity index (χ0v) is 11.5. The van der Waals surface area contributed by atoms with Gasteiger partial charge in [-0.3, -0.25) is 0 Å². The van der Waals surface area contributed by atoms with Gasteiger partial charge in [0.1, 0.15) is 4.90 Å². The average molecular weight is 298 g/mol. The van der Waals surface area contributed by atoms with Crippen LogP contribution in [0.25, 0.3) is 0 Å². The number of halogens is 2. The second kappa shape index (κ2) is 5.91. The van der Waals surface area contributed by atoms with Crippen LogP contribution in [0.1, 0.15) is 0 Å². The zero-order chi connectivity index (χ0) is 13.1. The largest absolute Gasteiger partial charge is 0.390 e. The van der Waals surface area contributed by atoms with Crippen LogP contribution in [0.3, 0.4) is 0 Å². The normalized spacial score (nSPS) is 13.4. The zero-order valence-electron chi connectivity index (χ0n) is 9.15. The highest BCUT2D eigenvalue weighted by molar-refractivity contribution is 7.91. The quantitative estimate of drug-likeness (QED) is 0.813. The van der Waals surface area contributed by atoms with Gasteiger partial charge in [-0.05, 0) is 12.1 Å². The maximum absolute atomic E-state index is 11.6. The molecule has 0 aliphatic heterocycles. The first-order valence-electron chi connectivity index (χ1n) is 4.82. The molecule has 4 nitrogen and oxygen atoms in total. The third kappa shape index (κ3) is 4.03. The first-order chi connectivity index (χ1) is 7.86. The minimum absolute atomic E-state index is 0.0310. The Labute approximate surface area is 110 Å². The minimum atomic E-state index is -3.43. The van der Waals surface area contributed by atoms with E-state index in [0.717, 1.165) is 6.26 Å². The minimum Gasteiger partial charge on any atom is -0.390 e. The predicted molar refractivity (Wildman–Crippen MR) is 69.8 cm³/mol. The van der Waals surface area contributed by atoms with Crippen molar-refractivity contribution in [3.63, 3.8) is 0 Å². The van der Waals surface area contributed by atoms with Crippen molar-refractivity contribution in [2.45, 2.75) is 11.0 Å². The van der Waals surface area contributed by atoms with E-state index in [2.05, 4.69) is 5.32 Å². The van der Waals surface area contributed by atoms with E-state index in [1.165, 1.54) is 6.07 Å². The van der Waals surface area contributed by atoms with E-state index in [-0.39, 0.29) is 22.3 Å². The van der Waals surface area contributed by atoms with Gasteiger partial charge >= 0.3 is 0 Å². The fourth-order valence-corrected chi connectivity index (χ4v) is 2.97. The molecule has 17 heavy (non-hydrogen) atoms. The fraction of sp³-hybridized carbons (Fsp3) is 0.400. The number of rotatable bonds is 5. The predicted octanol–water partition coefficient (Wildman–Crippen LogP) is 1.76. The molecule has 0 amide bonds. The van der Waals surface area contributed by atoms with Gasteiger partial charge in [0.15, 0.2) is 9.84 Å². The molecule has 1 unspecified atom stereocenters. The highest BCUT2D eigenvalue weighted by atomic mass is 35.5. The topological polar surface area (TPSA) is 66.4 Å². The van der Waals surface area contributed by atoms with Crippen molar-refractivity contribution < 1.29 is 13.5 Å². The molecule has 0 fully saturated rings. The molecule has 0 saturated carbocycles. The summed E-state index contributed by atoms with van der Waals surface area (Å²) in [6.07, 6.45) is 0.334. The van der Waals surface area contributed by atoms with Crippen molar-refractivity contribution in [1.82, 2.24) is 0 Å². The van der Waals surface area contributed by atoms with Crippen molar-refractivity contribution in [2.75, 3.05) is 24.0 Å². The molecule has 2 N–H and O–H groups in total. The second-order valence-electron chi connectivity index (χ2n) is 3.58. The van der Waals surface area contributed by atoms with Gasteiger partial charge in [0.2, 0.25) is 0 Å². The SMILES string of the molecule is CS(=O)(=O)c1c(Cl)cccc1NCC(O)CCl. The third-order valence-corrected chi connectivity index (χ3v) is 4.01. The number of benzene rings is 1. The molecule has 0 aliphatic carbocycles. The van der Waals surface area contributed by atoms with Gasteiger partial charge in [0.05, 0.1) is 22.7 Å². The second-order valence-corrected chi connectivity index (χ2v) is 6.25.